The highest BCUT2D eigenvalue weighted by Gasteiger charge is 2.36. The van der Waals surface area contributed by atoms with Gasteiger partial charge >= 0.3 is 12.0 Å². The van der Waals surface area contributed by atoms with Crippen molar-refractivity contribution in [2.75, 3.05) is 24.5 Å². The maximum atomic E-state index is 13.0. The number of hydrogen-bond donors (Lipinski definition) is 2. The number of hydrogen-bond acceptors (Lipinski definition) is 3. The summed E-state index contributed by atoms with van der Waals surface area (Å²) in [5, 5.41) is 12.1. The number of amides is 3. The molecule has 1 aliphatic carbocycles. The minimum atomic E-state index is -0.938. The van der Waals surface area contributed by atoms with Crippen molar-refractivity contribution in [3.05, 3.63) is 28.8 Å². The average molecular weight is 366 g/mol. The van der Waals surface area contributed by atoms with Gasteiger partial charge in [0.2, 0.25) is 0 Å². The van der Waals surface area contributed by atoms with Gasteiger partial charge in [-0.25, -0.2) is 4.79 Å². The lowest BCUT2D eigenvalue weighted by Crippen LogP contribution is -2.38. The predicted molar refractivity (Wildman–Crippen MR) is 93.1 cm³/mol. The van der Waals surface area contributed by atoms with E-state index >= 15 is 0 Å². The number of nitrogens with one attached hydrogen (secondary N) is 1. The standard InChI is InChI=1S/C17H20ClN3O4/c1-10(16(23)24)9-21(11-2-3-11)15(22)13-8-12(4-5-14(13)18)20-7-6-19-17(20)25/h4-5,8,10-11H,2-3,6-7,9H2,1H3,(H,19,25)(H,23,24). The first-order valence-corrected chi connectivity index (χ1v) is 8.65. The zero-order valence-electron chi connectivity index (χ0n) is 13.9. The Morgan fingerprint density at radius 1 is 1.44 bits per heavy atom. The zero-order chi connectivity index (χ0) is 18.1. The molecule has 2 aliphatic rings. The summed E-state index contributed by atoms with van der Waals surface area (Å²) in [6.07, 6.45) is 1.73. The summed E-state index contributed by atoms with van der Waals surface area (Å²) in [5.41, 5.74) is 0.896. The van der Waals surface area contributed by atoms with Crippen molar-refractivity contribution >= 4 is 35.2 Å². The van der Waals surface area contributed by atoms with Gasteiger partial charge in [-0.15, -0.1) is 0 Å². The number of aliphatic carboxylic acids is 1. The first-order chi connectivity index (χ1) is 11.9. The van der Waals surface area contributed by atoms with Crippen LogP contribution in [0.1, 0.15) is 30.1 Å². The third-order valence-electron chi connectivity index (χ3n) is 4.49. The van der Waals surface area contributed by atoms with Crippen LogP contribution < -0.4 is 10.2 Å². The van der Waals surface area contributed by atoms with Crippen molar-refractivity contribution in [2.24, 2.45) is 5.92 Å². The number of anilines is 1. The third-order valence-corrected chi connectivity index (χ3v) is 4.82. The Bertz CT molecular complexity index is 720. The Morgan fingerprint density at radius 3 is 2.72 bits per heavy atom. The van der Waals surface area contributed by atoms with Crippen LogP contribution in [0.15, 0.2) is 18.2 Å². The molecule has 1 aliphatic heterocycles. The van der Waals surface area contributed by atoms with Gasteiger partial charge in [0.1, 0.15) is 0 Å². The van der Waals surface area contributed by atoms with E-state index in [4.69, 9.17) is 16.7 Å². The molecule has 1 aromatic rings. The van der Waals surface area contributed by atoms with E-state index in [2.05, 4.69) is 5.32 Å². The summed E-state index contributed by atoms with van der Waals surface area (Å²) in [6.45, 7) is 2.80. The van der Waals surface area contributed by atoms with Gasteiger partial charge in [0.25, 0.3) is 5.91 Å². The summed E-state index contributed by atoms with van der Waals surface area (Å²) in [6, 6.07) is 4.76. The number of benzene rings is 1. The maximum absolute atomic E-state index is 13.0. The molecule has 1 atom stereocenters. The minimum absolute atomic E-state index is 0.0594. The highest BCUT2D eigenvalue weighted by molar-refractivity contribution is 6.34. The van der Waals surface area contributed by atoms with Crippen molar-refractivity contribution < 1.29 is 19.5 Å². The molecule has 25 heavy (non-hydrogen) atoms. The van der Waals surface area contributed by atoms with Crippen LogP contribution in [-0.4, -0.2) is 53.6 Å². The van der Waals surface area contributed by atoms with Crippen LogP contribution in [0.4, 0.5) is 10.5 Å². The topological polar surface area (TPSA) is 90.0 Å². The lowest BCUT2D eigenvalue weighted by molar-refractivity contribution is -0.141. The summed E-state index contributed by atoms with van der Waals surface area (Å²) < 4.78 is 0. The first kappa shape index (κ1) is 17.5. The second kappa shape index (κ2) is 6.92. The normalized spacial score (nSPS) is 18.0. The van der Waals surface area contributed by atoms with Crippen molar-refractivity contribution in [1.82, 2.24) is 10.2 Å². The molecule has 0 spiro atoms. The van der Waals surface area contributed by atoms with Crippen LogP contribution in [0.3, 0.4) is 0 Å². The van der Waals surface area contributed by atoms with Gasteiger partial charge in [-0.2, -0.15) is 0 Å². The fourth-order valence-electron chi connectivity index (χ4n) is 2.87. The Balaban J connectivity index is 1.86. The Morgan fingerprint density at radius 2 is 2.16 bits per heavy atom. The molecule has 0 radical (unpaired) electrons. The Labute approximate surface area is 150 Å². The zero-order valence-corrected chi connectivity index (χ0v) is 14.6. The summed E-state index contributed by atoms with van der Waals surface area (Å²) in [5.74, 6) is -1.88. The van der Waals surface area contributed by atoms with E-state index < -0.39 is 11.9 Å². The SMILES string of the molecule is CC(CN(C(=O)c1cc(N2CCNC2=O)ccc1Cl)C1CC1)C(=O)O. The third kappa shape index (κ3) is 3.71. The van der Waals surface area contributed by atoms with E-state index in [-0.39, 0.29) is 24.5 Å². The molecule has 1 heterocycles. The van der Waals surface area contributed by atoms with Crippen molar-refractivity contribution in [3.63, 3.8) is 0 Å². The van der Waals surface area contributed by atoms with Crippen molar-refractivity contribution in [1.29, 1.82) is 0 Å². The molecule has 0 aromatic heterocycles. The van der Waals surface area contributed by atoms with E-state index in [9.17, 15) is 14.4 Å². The van der Waals surface area contributed by atoms with Crippen LogP contribution in [0.2, 0.25) is 5.02 Å². The Hall–Kier alpha value is -2.28. The fourth-order valence-corrected chi connectivity index (χ4v) is 3.07. The van der Waals surface area contributed by atoms with Crippen LogP contribution in [-0.2, 0) is 4.79 Å². The van der Waals surface area contributed by atoms with Crippen LogP contribution in [0.5, 0.6) is 0 Å². The molecule has 3 rings (SSSR count). The molecule has 1 saturated carbocycles. The van der Waals surface area contributed by atoms with E-state index in [0.29, 0.717) is 29.4 Å². The predicted octanol–water partition coefficient (Wildman–Crippen LogP) is 2.19. The van der Waals surface area contributed by atoms with Crippen LogP contribution >= 0.6 is 11.6 Å². The molecule has 2 fully saturated rings. The van der Waals surface area contributed by atoms with Gasteiger partial charge in [0.15, 0.2) is 0 Å². The molecule has 1 aromatic carbocycles. The maximum Gasteiger partial charge on any atom is 0.321 e. The monoisotopic (exact) mass is 365 g/mol. The number of carbonyl (C=O) groups excluding carboxylic acids is 2. The lowest BCUT2D eigenvalue weighted by atomic mass is 10.1. The number of carboxylic acids is 1. The molecule has 7 nitrogen and oxygen atoms in total. The fraction of sp³-hybridized carbons (Fsp3) is 0.471. The van der Waals surface area contributed by atoms with Gasteiger partial charge in [-0.05, 0) is 31.0 Å². The van der Waals surface area contributed by atoms with Gasteiger partial charge in [0, 0.05) is 31.4 Å². The van der Waals surface area contributed by atoms with E-state index in [1.807, 2.05) is 0 Å². The highest BCUT2D eigenvalue weighted by atomic mass is 35.5. The van der Waals surface area contributed by atoms with Crippen LogP contribution in [0, 0.1) is 5.92 Å². The lowest BCUT2D eigenvalue weighted by Gasteiger charge is -2.25. The summed E-state index contributed by atoms with van der Waals surface area (Å²) in [4.78, 5) is 39.1. The Kier molecular flexibility index (Phi) is 4.85. The average Bonchev–Trinajstić information content (AvgIpc) is 3.33. The number of carbonyl (C=O) groups is 3. The van der Waals surface area contributed by atoms with Gasteiger partial charge in [-0.3, -0.25) is 14.5 Å². The molecule has 8 heteroatoms. The number of halogens is 1. The van der Waals surface area contributed by atoms with Crippen molar-refractivity contribution in [3.8, 4) is 0 Å². The molecule has 2 N–H and O–H groups in total. The van der Waals surface area contributed by atoms with E-state index in [0.717, 1.165) is 12.8 Å². The second-order valence-corrected chi connectivity index (χ2v) is 6.88. The molecule has 0 bridgehead atoms. The molecule has 1 saturated heterocycles. The highest BCUT2D eigenvalue weighted by Crippen LogP contribution is 2.32. The molecule has 3 amide bonds. The number of nitrogens with zero attached hydrogens (tertiary/aromatic N) is 2. The number of carboxylic acid groups (broad SMARTS) is 1. The first-order valence-electron chi connectivity index (χ1n) is 8.27. The summed E-state index contributed by atoms with van der Waals surface area (Å²) in [7, 11) is 0. The van der Waals surface area contributed by atoms with E-state index in [1.54, 1.807) is 34.9 Å². The molecule has 1 unspecified atom stereocenters. The second-order valence-electron chi connectivity index (χ2n) is 6.48. The smallest absolute Gasteiger partial charge is 0.321 e. The minimum Gasteiger partial charge on any atom is -0.481 e. The van der Waals surface area contributed by atoms with Gasteiger partial charge < -0.3 is 15.3 Å². The van der Waals surface area contributed by atoms with Gasteiger partial charge in [-0.1, -0.05) is 18.5 Å². The molecular formula is C17H20ClN3O4. The quantitative estimate of drug-likeness (QED) is 0.808. The number of urea groups is 1. The van der Waals surface area contributed by atoms with Crippen LogP contribution in [0.25, 0.3) is 0 Å². The molecule has 134 valence electrons. The van der Waals surface area contributed by atoms with Gasteiger partial charge in [0.05, 0.1) is 16.5 Å². The summed E-state index contributed by atoms with van der Waals surface area (Å²) >= 11 is 6.22. The van der Waals surface area contributed by atoms with Crippen molar-refractivity contribution in [2.45, 2.75) is 25.8 Å². The molecular weight excluding hydrogens is 346 g/mol. The largest absolute Gasteiger partial charge is 0.481 e. The van der Waals surface area contributed by atoms with E-state index in [1.165, 1.54) is 0 Å². The number of rotatable bonds is 6.